The first-order valence-electron chi connectivity index (χ1n) is 11.3. The van der Waals surface area contributed by atoms with Crippen LogP contribution in [-0.4, -0.2) is 48.8 Å². The molecule has 0 unspecified atom stereocenters. The van der Waals surface area contributed by atoms with Crippen LogP contribution < -0.4 is 0 Å². The van der Waals surface area contributed by atoms with Gasteiger partial charge in [0.25, 0.3) is 5.95 Å². The minimum absolute atomic E-state index is 0.00487. The molecule has 2 N–H and O–H groups in total. The number of hydrogen-bond acceptors (Lipinski definition) is 5. The van der Waals surface area contributed by atoms with Crippen LogP contribution >= 0.6 is 0 Å². The van der Waals surface area contributed by atoms with Gasteiger partial charge in [-0.15, -0.1) is 0 Å². The fraction of sp³-hybridized carbons (Fsp3) is 0.833. The highest BCUT2D eigenvalue weighted by Crippen LogP contribution is 2.75. The number of aliphatic hydroxyl groups is 2. The van der Waals surface area contributed by atoms with Crippen LogP contribution in [0.1, 0.15) is 58.8 Å². The second-order valence-corrected chi connectivity index (χ2v) is 10.5. The number of epoxide rings is 1. The predicted molar refractivity (Wildman–Crippen MR) is 109 cm³/mol. The van der Waals surface area contributed by atoms with Gasteiger partial charge < -0.3 is 24.4 Å². The Morgan fingerprint density at radius 1 is 1.17 bits per heavy atom. The molecule has 4 fully saturated rings. The summed E-state index contributed by atoms with van der Waals surface area (Å²) in [5, 5.41) is 20.4. The van der Waals surface area contributed by atoms with Gasteiger partial charge in [0.15, 0.2) is 0 Å². The largest absolute Gasteiger partial charge is 0.469 e. The molecule has 8 atom stereocenters. The minimum Gasteiger partial charge on any atom is -0.469 e. The molecule has 1 saturated heterocycles. The average Bonchev–Trinajstić information content (AvgIpc) is 3.37. The van der Waals surface area contributed by atoms with Crippen LogP contribution in [0.3, 0.4) is 0 Å². The molecule has 1 heterocycles. The van der Waals surface area contributed by atoms with Gasteiger partial charge in [0.05, 0.1) is 38.6 Å². The first-order valence-corrected chi connectivity index (χ1v) is 11.3. The lowest BCUT2D eigenvalue weighted by atomic mass is 9.47. The molecule has 5 rings (SSSR count). The molecule has 0 radical (unpaired) electrons. The molecule has 162 valence electrons. The Labute approximate surface area is 174 Å². The first-order chi connectivity index (χ1) is 13.9. The Hall–Kier alpha value is -1.04. The van der Waals surface area contributed by atoms with Crippen molar-refractivity contribution >= 4 is 0 Å². The van der Waals surface area contributed by atoms with E-state index in [0.29, 0.717) is 23.7 Å². The van der Waals surface area contributed by atoms with E-state index in [4.69, 9.17) is 14.2 Å². The van der Waals surface area contributed by atoms with Crippen molar-refractivity contribution in [1.82, 2.24) is 0 Å². The van der Waals surface area contributed by atoms with Crippen LogP contribution in [0.25, 0.3) is 0 Å². The third-order valence-electron chi connectivity index (χ3n) is 9.73. The first kappa shape index (κ1) is 19.9. The molecule has 0 bridgehead atoms. The molecule has 29 heavy (non-hydrogen) atoms. The van der Waals surface area contributed by atoms with E-state index in [9.17, 15) is 10.2 Å². The molecule has 0 amide bonds. The number of rotatable bonds is 4. The molecule has 0 spiro atoms. The van der Waals surface area contributed by atoms with Crippen LogP contribution in [0, 0.1) is 28.6 Å². The number of allylic oxidation sites excluding steroid dienone is 1. The highest BCUT2D eigenvalue weighted by Gasteiger charge is 2.79. The summed E-state index contributed by atoms with van der Waals surface area (Å²) in [5.74, 6) is 2.34. The predicted octanol–water partition coefficient (Wildman–Crippen LogP) is 3.55. The maximum atomic E-state index is 10.2. The van der Waals surface area contributed by atoms with Gasteiger partial charge in [-0.2, -0.15) is 0 Å². The topological polar surface area (TPSA) is 71.5 Å². The molecule has 1 aliphatic heterocycles. The van der Waals surface area contributed by atoms with E-state index >= 15 is 0 Å². The lowest BCUT2D eigenvalue weighted by Crippen LogP contribution is -2.53. The number of hydrogen-bond donors (Lipinski definition) is 2. The SMILES string of the molecule is COC(OC)=C(CO)[C@@]12O[C@@H]1C[C@@H]1[C@@H]3CC=C4C[C@@H](O)CC[C@@]4(C)[C@@H]3CC[C@@]12C. The van der Waals surface area contributed by atoms with E-state index in [0.717, 1.165) is 44.1 Å². The van der Waals surface area contributed by atoms with Crippen molar-refractivity contribution in [3.8, 4) is 0 Å². The van der Waals surface area contributed by atoms with Gasteiger partial charge in [-0.05, 0) is 68.1 Å². The second-order valence-electron chi connectivity index (χ2n) is 10.5. The van der Waals surface area contributed by atoms with E-state index in [1.54, 1.807) is 14.2 Å². The third kappa shape index (κ3) is 2.38. The van der Waals surface area contributed by atoms with E-state index in [2.05, 4.69) is 19.9 Å². The van der Waals surface area contributed by atoms with E-state index in [1.165, 1.54) is 12.0 Å². The van der Waals surface area contributed by atoms with Crippen LogP contribution in [0.15, 0.2) is 23.2 Å². The number of methoxy groups -OCH3 is 2. The lowest BCUT2D eigenvalue weighted by Gasteiger charge is -2.58. The second kappa shape index (κ2) is 6.48. The van der Waals surface area contributed by atoms with Crippen molar-refractivity contribution in [2.75, 3.05) is 20.8 Å². The Balaban J connectivity index is 1.51. The molecule has 5 heteroatoms. The zero-order valence-electron chi connectivity index (χ0n) is 18.2. The highest BCUT2D eigenvalue weighted by molar-refractivity contribution is 5.40. The molecule has 5 nitrogen and oxygen atoms in total. The zero-order valence-corrected chi connectivity index (χ0v) is 18.2. The summed E-state index contributed by atoms with van der Waals surface area (Å²) in [5.41, 5.74) is 2.09. The Morgan fingerprint density at radius 3 is 2.62 bits per heavy atom. The zero-order chi connectivity index (χ0) is 20.6. The maximum absolute atomic E-state index is 10.2. The standard InChI is InChI=1S/C24H36O5/c1-22-9-7-15(26)11-14(22)5-6-16-17(22)8-10-23(2)18(16)12-20-24(23,29-20)19(13-25)21(27-3)28-4/h5,15-18,20,25-26H,6-13H2,1-4H3/t15-,16+,17+,18+,20+,22+,23-,24+/m0/s1. The number of aliphatic hydroxyl groups excluding tert-OH is 2. The molecular formula is C24H36O5. The van der Waals surface area contributed by atoms with Gasteiger partial charge in [-0.1, -0.05) is 25.5 Å². The summed E-state index contributed by atoms with van der Waals surface area (Å²) in [7, 11) is 3.19. The maximum Gasteiger partial charge on any atom is 0.283 e. The van der Waals surface area contributed by atoms with Crippen molar-refractivity contribution in [2.24, 2.45) is 28.6 Å². The van der Waals surface area contributed by atoms with E-state index < -0.39 is 5.60 Å². The summed E-state index contributed by atoms with van der Waals surface area (Å²) >= 11 is 0. The Morgan fingerprint density at radius 2 is 1.93 bits per heavy atom. The van der Waals surface area contributed by atoms with Crippen LogP contribution in [0.2, 0.25) is 0 Å². The van der Waals surface area contributed by atoms with Gasteiger partial charge in [0.2, 0.25) is 0 Å². The summed E-state index contributed by atoms with van der Waals surface area (Å²) in [6.07, 6.45) is 9.82. The average molecular weight is 405 g/mol. The van der Waals surface area contributed by atoms with E-state index in [1.807, 2.05) is 0 Å². The van der Waals surface area contributed by atoms with Crippen molar-refractivity contribution in [2.45, 2.75) is 76.6 Å². The summed E-state index contributed by atoms with van der Waals surface area (Å²) < 4.78 is 17.3. The third-order valence-corrected chi connectivity index (χ3v) is 9.73. The van der Waals surface area contributed by atoms with Crippen LogP contribution in [0.4, 0.5) is 0 Å². The van der Waals surface area contributed by atoms with Gasteiger partial charge >= 0.3 is 0 Å². The van der Waals surface area contributed by atoms with Crippen LogP contribution in [0.5, 0.6) is 0 Å². The van der Waals surface area contributed by atoms with E-state index in [-0.39, 0.29) is 29.6 Å². The van der Waals surface area contributed by atoms with Gasteiger partial charge in [0, 0.05) is 5.41 Å². The Kier molecular flexibility index (Phi) is 4.44. The number of ether oxygens (including phenoxy) is 3. The van der Waals surface area contributed by atoms with Gasteiger partial charge in [-0.25, -0.2) is 0 Å². The van der Waals surface area contributed by atoms with Crippen molar-refractivity contribution in [3.05, 3.63) is 23.2 Å². The molecule has 0 aromatic carbocycles. The molecule has 0 aromatic heterocycles. The molecule has 4 aliphatic carbocycles. The van der Waals surface area contributed by atoms with Crippen LogP contribution in [-0.2, 0) is 14.2 Å². The van der Waals surface area contributed by atoms with Crippen molar-refractivity contribution < 1.29 is 24.4 Å². The molecular weight excluding hydrogens is 368 g/mol. The molecule has 3 saturated carbocycles. The minimum atomic E-state index is -0.438. The Bertz CT molecular complexity index is 752. The molecule has 5 aliphatic rings. The quantitative estimate of drug-likeness (QED) is 0.426. The van der Waals surface area contributed by atoms with Gasteiger partial charge in [-0.3, -0.25) is 0 Å². The van der Waals surface area contributed by atoms with Crippen molar-refractivity contribution in [3.63, 3.8) is 0 Å². The fourth-order valence-electron chi connectivity index (χ4n) is 8.27. The summed E-state index contributed by atoms with van der Waals surface area (Å²) in [4.78, 5) is 0. The normalized spacial score (nSPS) is 49.7. The molecule has 0 aromatic rings. The fourth-order valence-corrected chi connectivity index (χ4v) is 8.27. The number of fused-ring (bicyclic) bond motifs is 7. The van der Waals surface area contributed by atoms with Gasteiger partial charge in [0.1, 0.15) is 5.60 Å². The lowest BCUT2D eigenvalue weighted by molar-refractivity contribution is -0.0791. The van der Waals surface area contributed by atoms with Crippen molar-refractivity contribution in [1.29, 1.82) is 0 Å². The smallest absolute Gasteiger partial charge is 0.283 e. The highest BCUT2D eigenvalue weighted by atomic mass is 16.7. The monoisotopic (exact) mass is 404 g/mol. The summed E-state index contributed by atoms with van der Waals surface area (Å²) in [6.45, 7) is 4.74. The summed E-state index contributed by atoms with van der Waals surface area (Å²) in [6, 6.07) is 0.